The third-order valence-electron chi connectivity index (χ3n) is 5.39. The molecule has 30 heavy (non-hydrogen) atoms. The van der Waals surface area contributed by atoms with Crippen molar-refractivity contribution >= 4 is 49.8 Å². The number of benzene rings is 2. The zero-order chi connectivity index (χ0) is 21.1. The van der Waals surface area contributed by atoms with E-state index in [0.717, 1.165) is 47.0 Å². The summed E-state index contributed by atoms with van der Waals surface area (Å²) in [7, 11) is 0. The van der Waals surface area contributed by atoms with Crippen molar-refractivity contribution in [3.63, 3.8) is 0 Å². The van der Waals surface area contributed by atoms with Gasteiger partial charge in [0.05, 0.1) is 11.1 Å². The van der Waals surface area contributed by atoms with Gasteiger partial charge in [-0.1, -0.05) is 36.8 Å². The van der Waals surface area contributed by atoms with Crippen LogP contribution >= 0.6 is 27.3 Å². The van der Waals surface area contributed by atoms with E-state index >= 15 is 0 Å². The quantitative estimate of drug-likeness (QED) is 0.411. The Morgan fingerprint density at radius 3 is 2.43 bits per heavy atom. The van der Waals surface area contributed by atoms with Crippen LogP contribution < -0.4 is 10.6 Å². The van der Waals surface area contributed by atoms with Crippen LogP contribution in [0.4, 0.5) is 10.7 Å². The van der Waals surface area contributed by atoms with Gasteiger partial charge in [0.1, 0.15) is 5.00 Å². The molecule has 0 radical (unpaired) electrons. The Morgan fingerprint density at radius 1 is 0.900 bits per heavy atom. The second-order valence-electron chi connectivity index (χ2n) is 7.47. The molecule has 0 saturated carbocycles. The van der Waals surface area contributed by atoms with E-state index < -0.39 is 0 Å². The van der Waals surface area contributed by atoms with Crippen molar-refractivity contribution < 1.29 is 9.59 Å². The van der Waals surface area contributed by atoms with E-state index in [9.17, 15) is 9.59 Å². The first-order valence-electron chi connectivity index (χ1n) is 10.1. The highest BCUT2D eigenvalue weighted by molar-refractivity contribution is 9.10. The van der Waals surface area contributed by atoms with E-state index in [-0.39, 0.29) is 11.8 Å². The Kier molecular flexibility index (Phi) is 6.35. The van der Waals surface area contributed by atoms with Gasteiger partial charge in [-0.05, 0) is 77.9 Å². The summed E-state index contributed by atoms with van der Waals surface area (Å²) >= 11 is 4.98. The van der Waals surface area contributed by atoms with Crippen molar-refractivity contribution in [3.8, 4) is 0 Å². The number of carbonyl (C=O) groups excluding carboxylic acids is 2. The second kappa shape index (κ2) is 9.14. The van der Waals surface area contributed by atoms with Gasteiger partial charge in [0, 0.05) is 15.0 Å². The third-order valence-corrected chi connectivity index (χ3v) is 7.29. The summed E-state index contributed by atoms with van der Waals surface area (Å²) in [5.41, 5.74) is 4.04. The number of anilines is 2. The van der Waals surface area contributed by atoms with Gasteiger partial charge in [-0.25, -0.2) is 0 Å². The molecule has 4 rings (SSSR count). The Hall–Kier alpha value is -2.44. The maximum absolute atomic E-state index is 13.4. The lowest BCUT2D eigenvalue weighted by atomic mass is 10.0. The molecule has 1 aliphatic carbocycles. The fourth-order valence-electron chi connectivity index (χ4n) is 3.78. The number of aryl methyl sites for hydroxylation is 2. The van der Waals surface area contributed by atoms with Gasteiger partial charge in [-0.3, -0.25) is 9.59 Å². The van der Waals surface area contributed by atoms with E-state index in [0.29, 0.717) is 16.1 Å². The molecule has 2 amide bonds. The monoisotopic (exact) mass is 482 g/mol. The lowest BCUT2D eigenvalue weighted by Gasteiger charge is -2.12. The van der Waals surface area contributed by atoms with Gasteiger partial charge >= 0.3 is 0 Å². The number of carbonyl (C=O) groups is 2. The molecule has 0 fully saturated rings. The highest BCUT2D eigenvalue weighted by Gasteiger charge is 2.26. The number of thiophene rings is 1. The summed E-state index contributed by atoms with van der Waals surface area (Å²) in [4.78, 5) is 27.5. The molecule has 154 valence electrons. The molecule has 0 aliphatic heterocycles. The van der Waals surface area contributed by atoms with Crippen molar-refractivity contribution in [3.05, 3.63) is 80.1 Å². The van der Waals surface area contributed by atoms with Gasteiger partial charge in [0.15, 0.2) is 0 Å². The summed E-state index contributed by atoms with van der Waals surface area (Å²) in [5.74, 6) is -0.380. The molecule has 1 aromatic heterocycles. The average molecular weight is 483 g/mol. The number of rotatable bonds is 4. The third kappa shape index (κ3) is 4.35. The molecule has 2 N–H and O–H groups in total. The van der Waals surface area contributed by atoms with Crippen LogP contribution in [0.25, 0.3) is 0 Å². The summed E-state index contributed by atoms with van der Waals surface area (Å²) in [6.07, 6.45) is 5.16. The number of hydrogen-bond acceptors (Lipinski definition) is 3. The molecule has 4 nitrogen and oxygen atoms in total. The van der Waals surface area contributed by atoms with Crippen LogP contribution in [0.2, 0.25) is 0 Å². The molecule has 0 atom stereocenters. The Labute approximate surface area is 188 Å². The van der Waals surface area contributed by atoms with Crippen molar-refractivity contribution in [2.45, 2.75) is 39.0 Å². The molecule has 0 spiro atoms. The zero-order valence-electron chi connectivity index (χ0n) is 16.8. The zero-order valence-corrected chi connectivity index (χ0v) is 19.2. The fourth-order valence-corrected chi connectivity index (χ4v) is 5.53. The van der Waals surface area contributed by atoms with E-state index in [1.807, 2.05) is 49.4 Å². The van der Waals surface area contributed by atoms with Crippen LogP contribution in [0.5, 0.6) is 0 Å². The number of fused-ring (bicyclic) bond motifs is 1. The highest BCUT2D eigenvalue weighted by Crippen LogP contribution is 2.38. The Morgan fingerprint density at radius 2 is 1.63 bits per heavy atom. The molecule has 1 aliphatic rings. The Bertz CT molecular complexity index is 1110. The molecule has 2 aromatic carbocycles. The van der Waals surface area contributed by atoms with Gasteiger partial charge < -0.3 is 10.6 Å². The molecular weight excluding hydrogens is 460 g/mol. The van der Waals surface area contributed by atoms with Gasteiger partial charge in [-0.2, -0.15) is 0 Å². The highest BCUT2D eigenvalue weighted by atomic mass is 79.9. The average Bonchev–Trinajstić information content (AvgIpc) is 2.90. The minimum atomic E-state index is -0.219. The van der Waals surface area contributed by atoms with Crippen LogP contribution in [-0.4, -0.2) is 11.8 Å². The SMILES string of the molecule is Cc1ccccc1NC(=O)c1c(NC(=O)c2ccccc2Br)sc2c1CCCCC2. The molecule has 0 saturated heterocycles. The summed E-state index contributed by atoms with van der Waals surface area (Å²) in [6.45, 7) is 1.97. The minimum Gasteiger partial charge on any atom is -0.322 e. The van der Waals surface area contributed by atoms with E-state index in [2.05, 4.69) is 26.6 Å². The van der Waals surface area contributed by atoms with Gasteiger partial charge in [-0.15, -0.1) is 11.3 Å². The maximum atomic E-state index is 13.4. The number of amides is 2. The largest absolute Gasteiger partial charge is 0.322 e. The van der Waals surface area contributed by atoms with Gasteiger partial charge in [0.2, 0.25) is 0 Å². The molecule has 6 heteroatoms. The van der Waals surface area contributed by atoms with Crippen molar-refractivity contribution in [2.24, 2.45) is 0 Å². The fraction of sp³-hybridized carbons (Fsp3) is 0.250. The number of halogens is 1. The molecular formula is C24H23BrN2O2S. The summed E-state index contributed by atoms with van der Waals surface area (Å²) < 4.78 is 0.728. The van der Waals surface area contributed by atoms with Crippen LogP contribution in [0.15, 0.2) is 53.0 Å². The molecule has 0 unspecified atom stereocenters. The summed E-state index contributed by atoms with van der Waals surface area (Å²) in [5, 5.41) is 6.70. The maximum Gasteiger partial charge on any atom is 0.258 e. The van der Waals surface area contributed by atoms with E-state index in [1.165, 1.54) is 22.6 Å². The first-order chi connectivity index (χ1) is 14.5. The van der Waals surface area contributed by atoms with Gasteiger partial charge in [0.25, 0.3) is 11.8 Å². The molecule has 1 heterocycles. The standard InChI is InChI=1S/C24H23BrN2O2S/c1-15-9-5-8-13-19(15)26-23(29)21-17-11-3-2-4-14-20(17)30-24(21)27-22(28)16-10-6-7-12-18(16)25/h5-10,12-13H,2-4,11,14H2,1H3,(H,26,29)(H,27,28). The smallest absolute Gasteiger partial charge is 0.258 e. The van der Waals surface area contributed by atoms with E-state index in [1.54, 1.807) is 6.07 Å². The topological polar surface area (TPSA) is 58.2 Å². The van der Waals surface area contributed by atoms with Crippen LogP contribution in [0.1, 0.15) is 56.0 Å². The first-order valence-corrected chi connectivity index (χ1v) is 11.7. The number of para-hydroxylation sites is 1. The molecule has 0 bridgehead atoms. The summed E-state index contributed by atoms with van der Waals surface area (Å²) in [6, 6.07) is 15.0. The Balaban J connectivity index is 1.70. The lowest BCUT2D eigenvalue weighted by Crippen LogP contribution is -2.18. The van der Waals surface area contributed by atoms with Crippen molar-refractivity contribution in [1.82, 2.24) is 0 Å². The van der Waals surface area contributed by atoms with Crippen LogP contribution in [-0.2, 0) is 12.8 Å². The molecule has 3 aromatic rings. The minimum absolute atomic E-state index is 0.161. The normalized spacial score (nSPS) is 13.3. The van der Waals surface area contributed by atoms with Crippen LogP contribution in [0, 0.1) is 6.92 Å². The second-order valence-corrected chi connectivity index (χ2v) is 9.43. The van der Waals surface area contributed by atoms with Crippen molar-refractivity contribution in [2.75, 3.05) is 10.6 Å². The number of hydrogen-bond donors (Lipinski definition) is 2. The van der Waals surface area contributed by atoms with Crippen molar-refractivity contribution in [1.29, 1.82) is 0 Å². The van der Waals surface area contributed by atoms with Crippen LogP contribution in [0.3, 0.4) is 0 Å². The predicted molar refractivity (Wildman–Crippen MR) is 127 cm³/mol. The lowest BCUT2D eigenvalue weighted by molar-refractivity contribution is 0.102. The number of nitrogens with one attached hydrogen (secondary N) is 2. The predicted octanol–water partition coefficient (Wildman–Crippen LogP) is 6.59. The van der Waals surface area contributed by atoms with E-state index in [4.69, 9.17) is 0 Å². The first kappa shape index (κ1) is 20.8.